The van der Waals surface area contributed by atoms with E-state index in [-0.39, 0.29) is 13.2 Å². The van der Waals surface area contributed by atoms with E-state index in [0.717, 1.165) is 5.56 Å². The highest BCUT2D eigenvalue weighted by Gasteiger charge is 2.07. The second-order valence-electron chi connectivity index (χ2n) is 4.24. The fraction of sp³-hybridized carbons (Fsp3) is 0.571. The number of hydrogen-bond donors (Lipinski definition) is 3. The molecule has 1 atom stereocenters. The molecule has 0 aliphatic heterocycles. The maximum absolute atomic E-state index is 9.75. The smallest absolute Gasteiger partial charge is 0.122 e. The van der Waals surface area contributed by atoms with E-state index in [1.807, 2.05) is 24.3 Å². The zero-order valence-corrected chi connectivity index (χ0v) is 11.3. The summed E-state index contributed by atoms with van der Waals surface area (Å²) >= 11 is 0. The van der Waals surface area contributed by atoms with Gasteiger partial charge in [-0.3, -0.25) is 0 Å². The van der Waals surface area contributed by atoms with Gasteiger partial charge >= 0.3 is 0 Å². The van der Waals surface area contributed by atoms with Crippen LogP contribution in [0.15, 0.2) is 24.3 Å². The number of para-hydroxylation sites is 1. The summed E-state index contributed by atoms with van der Waals surface area (Å²) in [5.74, 6) is 0.715. The van der Waals surface area contributed by atoms with Gasteiger partial charge in [0.2, 0.25) is 0 Å². The molecule has 0 radical (unpaired) electrons. The van der Waals surface area contributed by atoms with Gasteiger partial charge < -0.3 is 25.0 Å². The molecular formula is C14H23NO4. The number of aliphatic hydroxyl groups is 2. The number of aliphatic hydroxyl groups excluding tert-OH is 2. The number of ether oxygens (including phenoxy) is 2. The van der Waals surface area contributed by atoms with E-state index in [2.05, 4.69) is 5.32 Å². The largest absolute Gasteiger partial charge is 0.491 e. The Bertz CT molecular complexity index is 346. The van der Waals surface area contributed by atoms with Crippen LogP contribution in [0, 0.1) is 0 Å². The number of benzene rings is 1. The van der Waals surface area contributed by atoms with Gasteiger partial charge in [0.05, 0.1) is 6.61 Å². The first-order valence-corrected chi connectivity index (χ1v) is 6.47. The van der Waals surface area contributed by atoms with Gasteiger partial charge in [-0.1, -0.05) is 18.2 Å². The van der Waals surface area contributed by atoms with E-state index in [4.69, 9.17) is 14.6 Å². The number of nitrogens with one attached hydrogen (secondary N) is 1. The highest BCUT2D eigenvalue weighted by molar-refractivity contribution is 5.33. The highest BCUT2D eigenvalue weighted by Crippen LogP contribution is 2.18. The molecular weight excluding hydrogens is 246 g/mol. The molecule has 0 spiro atoms. The van der Waals surface area contributed by atoms with Crippen LogP contribution in [0.2, 0.25) is 0 Å². The van der Waals surface area contributed by atoms with Crippen molar-refractivity contribution in [3.63, 3.8) is 0 Å². The van der Waals surface area contributed by atoms with Crippen molar-refractivity contribution in [1.82, 2.24) is 5.32 Å². The van der Waals surface area contributed by atoms with Gasteiger partial charge in [0.25, 0.3) is 0 Å². The van der Waals surface area contributed by atoms with Crippen LogP contribution in [-0.2, 0) is 11.2 Å². The Morgan fingerprint density at radius 1 is 1.32 bits per heavy atom. The molecule has 108 valence electrons. The Balaban J connectivity index is 2.31. The molecule has 0 heterocycles. The average Bonchev–Trinajstić information content (AvgIpc) is 2.43. The first-order chi connectivity index (χ1) is 9.27. The van der Waals surface area contributed by atoms with Gasteiger partial charge in [-0.25, -0.2) is 0 Å². The standard InChI is InChI=1S/C14H23NO4/c1-18-9-7-15-10-13(17)11-19-14-5-3-2-4-12(14)6-8-16/h2-5,13,15-17H,6-11H2,1H3. The van der Waals surface area contributed by atoms with Crippen LogP contribution in [0.5, 0.6) is 5.75 Å². The third-order valence-electron chi connectivity index (χ3n) is 2.65. The molecule has 0 saturated carbocycles. The lowest BCUT2D eigenvalue weighted by Crippen LogP contribution is -2.33. The minimum absolute atomic E-state index is 0.0848. The lowest BCUT2D eigenvalue weighted by atomic mass is 10.1. The molecule has 1 aromatic carbocycles. The van der Waals surface area contributed by atoms with Gasteiger partial charge in [-0.05, 0) is 18.1 Å². The maximum atomic E-state index is 9.75. The SMILES string of the molecule is COCCNCC(O)COc1ccccc1CCO. The Kier molecular flexibility index (Phi) is 8.16. The molecule has 0 aliphatic carbocycles. The lowest BCUT2D eigenvalue weighted by Gasteiger charge is -2.15. The summed E-state index contributed by atoms with van der Waals surface area (Å²) < 4.78 is 10.5. The summed E-state index contributed by atoms with van der Waals surface area (Å²) in [6.45, 7) is 2.09. The Morgan fingerprint density at radius 2 is 2.11 bits per heavy atom. The van der Waals surface area contributed by atoms with Crippen LogP contribution in [0.3, 0.4) is 0 Å². The Hall–Kier alpha value is -1.14. The molecule has 0 amide bonds. The normalized spacial score (nSPS) is 12.4. The van der Waals surface area contributed by atoms with Crippen molar-refractivity contribution in [3.8, 4) is 5.75 Å². The summed E-state index contributed by atoms with van der Waals surface area (Å²) in [5.41, 5.74) is 0.949. The van der Waals surface area contributed by atoms with E-state index in [0.29, 0.717) is 31.9 Å². The fourth-order valence-corrected chi connectivity index (χ4v) is 1.66. The van der Waals surface area contributed by atoms with Crippen molar-refractivity contribution >= 4 is 0 Å². The molecule has 1 rings (SSSR count). The van der Waals surface area contributed by atoms with E-state index < -0.39 is 6.10 Å². The van der Waals surface area contributed by atoms with Gasteiger partial charge in [0.1, 0.15) is 18.5 Å². The molecule has 0 bridgehead atoms. The van der Waals surface area contributed by atoms with Crippen molar-refractivity contribution in [2.75, 3.05) is 40.0 Å². The molecule has 5 nitrogen and oxygen atoms in total. The third-order valence-corrected chi connectivity index (χ3v) is 2.65. The van der Waals surface area contributed by atoms with Crippen LogP contribution in [0.25, 0.3) is 0 Å². The van der Waals surface area contributed by atoms with Crippen LogP contribution in [0.4, 0.5) is 0 Å². The van der Waals surface area contributed by atoms with E-state index in [1.165, 1.54) is 0 Å². The first-order valence-electron chi connectivity index (χ1n) is 6.47. The van der Waals surface area contributed by atoms with Gasteiger partial charge in [-0.2, -0.15) is 0 Å². The minimum atomic E-state index is -0.570. The van der Waals surface area contributed by atoms with Gasteiger partial charge in [0.15, 0.2) is 0 Å². The minimum Gasteiger partial charge on any atom is -0.491 e. The Morgan fingerprint density at radius 3 is 2.84 bits per heavy atom. The number of methoxy groups -OCH3 is 1. The second kappa shape index (κ2) is 9.75. The maximum Gasteiger partial charge on any atom is 0.122 e. The van der Waals surface area contributed by atoms with Crippen LogP contribution in [-0.4, -0.2) is 56.3 Å². The van der Waals surface area contributed by atoms with Gasteiger partial charge in [-0.15, -0.1) is 0 Å². The molecule has 1 aromatic rings. The van der Waals surface area contributed by atoms with Crippen molar-refractivity contribution in [3.05, 3.63) is 29.8 Å². The molecule has 0 saturated heterocycles. The monoisotopic (exact) mass is 269 g/mol. The molecule has 0 aromatic heterocycles. The van der Waals surface area contributed by atoms with Crippen LogP contribution >= 0.6 is 0 Å². The summed E-state index contributed by atoms with van der Waals surface area (Å²) in [4.78, 5) is 0. The van der Waals surface area contributed by atoms with Crippen molar-refractivity contribution in [1.29, 1.82) is 0 Å². The summed E-state index contributed by atoms with van der Waals surface area (Å²) in [7, 11) is 1.64. The van der Waals surface area contributed by atoms with Crippen molar-refractivity contribution in [2.24, 2.45) is 0 Å². The number of hydrogen-bond acceptors (Lipinski definition) is 5. The zero-order chi connectivity index (χ0) is 13.9. The fourth-order valence-electron chi connectivity index (χ4n) is 1.66. The lowest BCUT2D eigenvalue weighted by molar-refractivity contribution is 0.103. The molecule has 1 unspecified atom stereocenters. The van der Waals surface area contributed by atoms with Crippen LogP contribution < -0.4 is 10.1 Å². The molecule has 3 N–H and O–H groups in total. The van der Waals surface area contributed by atoms with E-state index >= 15 is 0 Å². The predicted molar refractivity (Wildman–Crippen MR) is 73.5 cm³/mol. The highest BCUT2D eigenvalue weighted by atomic mass is 16.5. The molecule has 0 aliphatic rings. The van der Waals surface area contributed by atoms with Crippen molar-refractivity contribution < 1.29 is 19.7 Å². The topological polar surface area (TPSA) is 71.0 Å². The first kappa shape index (κ1) is 15.9. The van der Waals surface area contributed by atoms with Gasteiger partial charge in [0, 0.05) is 26.8 Å². The molecule has 19 heavy (non-hydrogen) atoms. The third kappa shape index (κ3) is 6.54. The summed E-state index contributed by atoms with van der Waals surface area (Å²) in [6, 6.07) is 7.53. The van der Waals surface area contributed by atoms with Crippen LogP contribution in [0.1, 0.15) is 5.56 Å². The quantitative estimate of drug-likeness (QED) is 0.529. The molecule has 0 fully saturated rings. The van der Waals surface area contributed by atoms with Crippen molar-refractivity contribution in [2.45, 2.75) is 12.5 Å². The number of rotatable bonds is 10. The van der Waals surface area contributed by atoms with E-state index in [9.17, 15) is 5.11 Å². The summed E-state index contributed by atoms with van der Waals surface area (Å²) in [6.07, 6.45) is -0.0164. The molecule has 5 heteroatoms. The predicted octanol–water partition coefficient (Wildman–Crippen LogP) is 0.197. The van der Waals surface area contributed by atoms with E-state index in [1.54, 1.807) is 7.11 Å². The zero-order valence-electron chi connectivity index (χ0n) is 11.3. The average molecular weight is 269 g/mol. The summed E-state index contributed by atoms with van der Waals surface area (Å²) in [5, 5.41) is 21.8. The second-order valence-corrected chi connectivity index (χ2v) is 4.24. The Labute approximate surface area is 114 Å².